The van der Waals surface area contributed by atoms with Crippen LogP contribution in [0.5, 0.6) is 5.75 Å². The van der Waals surface area contributed by atoms with Crippen molar-refractivity contribution in [2.75, 3.05) is 40.0 Å². The fourth-order valence-electron chi connectivity index (χ4n) is 3.06. The van der Waals surface area contributed by atoms with Gasteiger partial charge in [0.25, 0.3) is 0 Å². The van der Waals surface area contributed by atoms with E-state index in [-0.39, 0.29) is 5.79 Å². The highest BCUT2D eigenvalue weighted by molar-refractivity contribution is 5.29. The Kier molecular flexibility index (Phi) is 4.45. The van der Waals surface area contributed by atoms with Gasteiger partial charge in [-0.1, -0.05) is 12.1 Å². The topological polar surface area (TPSA) is 51.2 Å². The van der Waals surface area contributed by atoms with Gasteiger partial charge in [-0.25, -0.2) is 0 Å². The minimum absolute atomic E-state index is 0.350. The second-order valence-corrected chi connectivity index (χ2v) is 5.70. The fourth-order valence-corrected chi connectivity index (χ4v) is 3.06. The van der Waals surface area contributed by atoms with E-state index in [1.54, 1.807) is 7.11 Å². The van der Waals surface area contributed by atoms with E-state index in [1.807, 2.05) is 24.3 Å². The SMILES string of the molecule is COc1cccc(C(O)CN2CCC3(CC2)OCCO3)c1. The molecule has 2 fully saturated rings. The Labute approximate surface area is 125 Å². The van der Waals surface area contributed by atoms with E-state index < -0.39 is 6.10 Å². The summed E-state index contributed by atoms with van der Waals surface area (Å²) in [7, 11) is 1.64. The van der Waals surface area contributed by atoms with E-state index in [9.17, 15) is 5.11 Å². The largest absolute Gasteiger partial charge is 0.497 e. The molecule has 0 aromatic heterocycles. The molecule has 2 aliphatic heterocycles. The Bertz CT molecular complexity index is 463. The summed E-state index contributed by atoms with van der Waals surface area (Å²) in [5.41, 5.74) is 0.892. The third-order valence-electron chi connectivity index (χ3n) is 4.34. The Balaban J connectivity index is 1.54. The van der Waals surface area contributed by atoms with Crippen LogP contribution in [0.2, 0.25) is 0 Å². The molecule has 0 amide bonds. The van der Waals surface area contributed by atoms with E-state index in [4.69, 9.17) is 14.2 Å². The zero-order valence-corrected chi connectivity index (χ0v) is 12.5. The van der Waals surface area contributed by atoms with Crippen molar-refractivity contribution in [3.8, 4) is 5.75 Å². The molecular weight excluding hydrogens is 270 g/mol. The minimum atomic E-state index is -0.500. The number of rotatable bonds is 4. The second-order valence-electron chi connectivity index (χ2n) is 5.70. The number of benzene rings is 1. The van der Waals surface area contributed by atoms with Gasteiger partial charge < -0.3 is 24.2 Å². The smallest absolute Gasteiger partial charge is 0.170 e. The van der Waals surface area contributed by atoms with Crippen molar-refractivity contribution in [3.63, 3.8) is 0 Å². The Morgan fingerprint density at radius 3 is 2.67 bits per heavy atom. The first-order valence-electron chi connectivity index (χ1n) is 7.53. The van der Waals surface area contributed by atoms with Crippen molar-refractivity contribution in [2.45, 2.75) is 24.7 Å². The van der Waals surface area contributed by atoms with Gasteiger partial charge in [-0.05, 0) is 17.7 Å². The lowest BCUT2D eigenvalue weighted by atomic mass is 10.0. The Hall–Kier alpha value is -1.14. The maximum absolute atomic E-state index is 10.4. The minimum Gasteiger partial charge on any atom is -0.497 e. The van der Waals surface area contributed by atoms with Gasteiger partial charge in [0.15, 0.2) is 5.79 Å². The van der Waals surface area contributed by atoms with Gasteiger partial charge in [-0.15, -0.1) is 0 Å². The van der Waals surface area contributed by atoms with Gasteiger partial charge in [-0.2, -0.15) is 0 Å². The molecule has 5 nitrogen and oxygen atoms in total. The number of methoxy groups -OCH3 is 1. The molecule has 1 aromatic carbocycles. The molecule has 0 bridgehead atoms. The number of aliphatic hydroxyl groups excluding tert-OH is 1. The van der Waals surface area contributed by atoms with Crippen LogP contribution in [0.1, 0.15) is 24.5 Å². The van der Waals surface area contributed by atoms with Crippen LogP contribution < -0.4 is 4.74 Å². The lowest BCUT2D eigenvalue weighted by Crippen LogP contribution is -2.46. The molecule has 1 spiro atoms. The number of nitrogens with zero attached hydrogens (tertiary/aromatic N) is 1. The monoisotopic (exact) mass is 293 g/mol. The molecule has 0 radical (unpaired) electrons. The maximum Gasteiger partial charge on any atom is 0.170 e. The highest BCUT2D eigenvalue weighted by Gasteiger charge is 2.39. The lowest BCUT2D eigenvalue weighted by Gasteiger charge is -2.38. The van der Waals surface area contributed by atoms with Gasteiger partial charge in [0, 0.05) is 32.5 Å². The lowest BCUT2D eigenvalue weighted by molar-refractivity contribution is -0.186. The van der Waals surface area contributed by atoms with E-state index in [0.29, 0.717) is 19.8 Å². The van der Waals surface area contributed by atoms with E-state index in [2.05, 4.69) is 4.90 Å². The summed E-state index contributed by atoms with van der Waals surface area (Å²) < 4.78 is 16.6. The van der Waals surface area contributed by atoms with Crippen LogP contribution in [0.4, 0.5) is 0 Å². The zero-order valence-electron chi connectivity index (χ0n) is 12.5. The van der Waals surface area contributed by atoms with Crippen molar-refractivity contribution in [1.29, 1.82) is 0 Å². The highest BCUT2D eigenvalue weighted by Crippen LogP contribution is 2.32. The first-order chi connectivity index (χ1) is 10.2. The standard InChI is InChI=1S/C16H23NO4/c1-19-14-4-2-3-13(11-14)15(18)12-17-7-5-16(6-8-17)20-9-10-21-16/h2-4,11,15,18H,5-10,12H2,1H3. The van der Waals surface area contributed by atoms with E-state index in [1.165, 1.54) is 0 Å². The molecule has 1 unspecified atom stereocenters. The molecule has 1 aromatic rings. The summed E-state index contributed by atoms with van der Waals surface area (Å²) in [5.74, 6) is 0.425. The first kappa shape index (κ1) is 14.8. The zero-order chi connectivity index (χ0) is 14.7. The predicted octanol–water partition coefficient (Wildman–Crippen LogP) is 1.57. The van der Waals surface area contributed by atoms with Crippen molar-refractivity contribution < 1.29 is 19.3 Å². The summed E-state index contributed by atoms with van der Waals surface area (Å²) in [4.78, 5) is 2.26. The van der Waals surface area contributed by atoms with Crippen molar-refractivity contribution >= 4 is 0 Å². The van der Waals surface area contributed by atoms with Crippen LogP contribution in [0, 0.1) is 0 Å². The molecule has 1 N–H and O–H groups in total. The van der Waals surface area contributed by atoms with Crippen LogP contribution in [0.15, 0.2) is 24.3 Å². The molecule has 0 saturated carbocycles. The maximum atomic E-state index is 10.4. The number of hydrogen-bond donors (Lipinski definition) is 1. The molecule has 2 heterocycles. The molecule has 116 valence electrons. The number of aliphatic hydroxyl groups is 1. The molecule has 1 atom stereocenters. The van der Waals surface area contributed by atoms with Crippen LogP contribution >= 0.6 is 0 Å². The summed E-state index contributed by atoms with van der Waals surface area (Å²) in [6.45, 7) is 3.81. The van der Waals surface area contributed by atoms with Gasteiger partial charge >= 0.3 is 0 Å². The number of β-amino-alcohol motifs (C(OH)–C–C–N with tert-alkyl or cyclic N) is 1. The highest BCUT2D eigenvalue weighted by atomic mass is 16.7. The molecule has 21 heavy (non-hydrogen) atoms. The van der Waals surface area contributed by atoms with Crippen molar-refractivity contribution in [3.05, 3.63) is 29.8 Å². The Morgan fingerprint density at radius 1 is 1.29 bits per heavy atom. The predicted molar refractivity (Wildman–Crippen MR) is 78.3 cm³/mol. The van der Waals surface area contributed by atoms with E-state index >= 15 is 0 Å². The van der Waals surface area contributed by atoms with Gasteiger partial charge in [0.2, 0.25) is 0 Å². The quantitative estimate of drug-likeness (QED) is 0.913. The number of piperidine rings is 1. The van der Waals surface area contributed by atoms with Crippen LogP contribution in [-0.4, -0.2) is 55.8 Å². The summed E-state index contributed by atoms with van der Waals surface area (Å²) in [6.07, 6.45) is 1.25. The third kappa shape index (κ3) is 3.37. The molecule has 2 aliphatic rings. The third-order valence-corrected chi connectivity index (χ3v) is 4.34. The van der Waals surface area contributed by atoms with Crippen LogP contribution in [0.25, 0.3) is 0 Å². The van der Waals surface area contributed by atoms with Crippen LogP contribution in [0.3, 0.4) is 0 Å². The average Bonchev–Trinajstić information content (AvgIpc) is 2.98. The summed E-state index contributed by atoms with van der Waals surface area (Å²) in [5, 5.41) is 10.4. The average molecular weight is 293 g/mol. The van der Waals surface area contributed by atoms with Crippen molar-refractivity contribution in [2.24, 2.45) is 0 Å². The van der Waals surface area contributed by atoms with Gasteiger partial charge in [-0.3, -0.25) is 0 Å². The number of ether oxygens (including phenoxy) is 3. The molecule has 5 heteroatoms. The van der Waals surface area contributed by atoms with Gasteiger partial charge in [0.05, 0.1) is 26.4 Å². The summed E-state index contributed by atoms with van der Waals surface area (Å²) in [6, 6.07) is 7.61. The van der Waals surface area contributed by atoms with E-state index in [0.717, 1.165) is 37.2 Å². The van der Waals surface area contributed by atoms with Gasteiger partial charge in [0.1, 0.15) is 5.75 Å². The summed E-state index contributed by atoms with van der Waals surface area (Å²) >= 11 is 0. The first-order valence-corrected chi connectivity index (χ1v) is 7.53. The molecule has 0 aliphatic carbocycles. The normalized spacial score (nSPS) is 23.3. The van der Waals surface area contributed by atoms with Crippen LogP contribution in [-0.2, 0) is 9.47 Å². The molecule has 3 rings (SSSR count). The fraction of sp³-hybridized carbons (Fsp3) is 0.625. The number of hydrogen-bond acceptors (Lipinski definition) is 5. The Morgan fingerprint density at radius 2 is 2.00 bits per heavy atom. The second kappa shape index (κ2) is 6.32. The van der Waals surface area contributed by atoms with Crippen molar-refractivity contribution in [1.82, 2.24) is 4.90 Å². The molecule has 2 saturated heterocycles. The molecular formula is C16H23NO4. The number of likely N-dealkylation sites (tertiary alicyclic amines) is 1.